The van der Waals surface area contributed by atoms with Crippen LogP contribution in [0.1, 0.15) is 51.5 Å². The van der Waals surface area contributed by atoms with Gasteiger partial charge in [-0.15, -0.1) is 0 Å². The Morgan fingerprint density at radius 3 is 2.51 bits per heavy atom. The van der Waals surface area contributed by atoms with E-state index >= 15 is 0 Å². The summed E-state index contributed by atoms with van der Waals surface area (Å²) in [5, 5.41) is 7.57. The number of nitrogens with zero attached hydrogens (tertiary/aromatic N) is 4. The van der Waals surface area contributed by atoms with E-state index in [2.05, 4.69) is 36.4 Å². The van der Waals surface area contributed by atoms with Crippen LogP contribution >= 0.6 is 0 Å². The minimum atomic E-state index is -0.303. The third-order valence-electron chi connectivity index (χ3n) is 6.44. The second-order valence-corrected chi connectivity index (χ2v) is 9.21. The lowest BCUT2D eigenvalue weighted by Gasteiger charge is -2.31. The Bertz CT molecular complexity index is 1240. The maximum Gasteiger partial charge on any atom is 0.409 e. The quantitative estimate of drug-likeness (QED) is 0.560. The van der Waals surface area contributed by atoms with Crippen molar-refractivity contribution in [3.8, 4) is 11.3 Å². The summed E-state index contributed by atoms with van der Waals surface area (Å²) in [4.78, 5) is 39.0. The summed E-state index contributed by atoms with van der Waals surface area (Å²) in [5.41, 5.74) is 3.24. The van der Waals surface area contributed by atoms with Crippen molar-refractivity contribution in [3.05, 3.63) is 58.6 Å². The maximum atomic E-state index is 13.0. The third-order valence-corrected chi connectivity index (χ3v) is 6.44. The fourth-order valence-corrected chi connectivity index (χ4v) is 4.33. The van der Waals surface area contributed by atoms with Crippen molar-refractivity contribution >= 4 is 17.5 Å². The van der Waals surface area contributed by atoms with Crippen molar-refractivity contribution in [1.29, 1.82) is 0 Å². The molecule has 3 aromatic rings. The number of hydrogen-bond donors (Lipinski definition) is 1. The number of amides is 2. The molecule has 1 saturated heterocycles. The third kappa shape index (κ3) is 5.72. The Labute approximate surface area is 204 Å². The van der Waals surface area contributed by atoms with Gasteiger partial charge in [0.25, 0.3) is 5.56 Å². The van der Waals surface area contributed by atoms with Crippen molar-refractivity contribution in [2.75, 3.05) is 19.7 Å². The lowest BCUT2D eigenvalue weighted by molar-refractivity contribution is -0.122. The van der Waals surface area contributed by atoms with E-state index in [1.165, 1.54) is 5.56 Å². The van der Waals surface area contributed by atoms with Crippen LogP contribution in [-0.4, -0.2) is 56.8 Å². The number of benzene rings is 1. The summed E-state index contributed by atoms with van der Waals surface area (Å²) in [5.74, 6) is 0.345. The molecule has 1 aliphatic heterocycles. The fraction of sp³-hybridized carbons (Fsp3) is 0.462. The molecule has 2 aromatic heterocycles. The molecule has 0 bridgehead atoms. The molecule has 1 aromatic carbocycles. The van der Waals surface area contributed by atoms with E-state index in [4.69, 9.17) is 4.74 Å². The lowest BCUT2D eigenvalue weighted by atomic mass is 10.0. The number of nitrogens with one attached hydrogen (secondary N) is 1. The van der Waals surface area contributed by atoms with Crippen LogP contribution in [0.3, 0.4) is 0 Å². The minimum absolute atomic E-state index is 0.0202. The molecule has 9 heteroatoms. The van der Waals surface area contributed by atoms with Gasteiger partial charge in [0.2, 0.25) is 5.91 Å². The van der Waals surface area contributed by atoms with Gasteiger partial charge in [-0.25, -0.2) is 9.31 Å². The zero-order valence-corrected chi connectivity index (χ0v) is 20.6. The number of aryl methyl sites for hydroxylation is 1. The molecular formula is C26H33N5O4. The van der Waals surface area contributed by atoms with Gasteiger partial charge in [0.1, 0.15) is 5.52 Å². The first-order valence-electron chi connectivity index (χ1n) is 12.3. The molecule has 1 aliphatic rings. The zero-order chi connectivity index (χ0) is 24.9. The molecule has 35 heavy (non-hydrogen) atoms. The summed E-state index contributed by atoms with van der Waals surface area (Å²) >= 11 is 0. The largest absolute Gasteiger partial charge is 0.450 e. The molecule has 186 valence electrons. The van der Waals surface area contributed by atoms with E-state index in [9.17, 15) is 14.4 Å². The van der Waals surface area contributed by atoms with Crippen LogP contribution in [0, 0.1) is 0 Å². The van der Waals surface area contributed by atoms with E-state index in [1.54, 1.807) is 39.4 Å². The molecule has 3 heterocycles. The average Bonchev–Trinajstić information content (AvgIpc) is 3.30. The van der Waals surface area contributed by atoms with Crippen LogP contribution in [0.2, 0.25) is 0 Å². The number of rotatable bonds is 7. The molecule has 1 fully saturated rings. The van der Waals surface area contributed by atoms with E-state index in [0.717, 1.165) is 11.3 Å². The van der Waals surface area contributed by atoms with Crippen molar-refractivity contribution < 1.29 is 14.3 Å². The first-order chi connectivity index (χ1) is 16.9. The topological polar surface area (TPSA) is 97.9 Å². The molecule has 0 unspecified atom stereocenters. The van der Waals surface area contributed by atoms with Gasteiger partial charge in [-0.05, 0) is 37.3 Å². The Hall–Kier alpha value is -3.62. The standard InChI is InChI=1S/C26H33N5O4/c1-4-35-26(34)30-12-9-21(10-13-30)27-24(32)11-14-29-15-16-31-23(25(29)33)17-22(28-31)20-7-5-19(6-8-20)18(2)3/h5-8,15-18,21H,4,9-14H2,1-3H3,(H,27,32). The second kappa shape index (κ2) is 10.8. The summed E-state index contributed by atoms with van der Waals surface area (Å²) < 4.78 is 8.16. The van der Waals surface area contributed by atoms with Crippen molar-refractivity contribution in [2.24, 2.45) is 0 Å². The van der Waals surface area contributed by atoms with Gasteiger partial charge < -0.3 is 19.5 Å². The van der Waals surface area contributed by atoms with Crippen molar-refractivity contribution in [3.63, 3.8) is 0 Å². The molecule has 4 rings (SSSR count). The van der Waals surface area contributed by atoms with Crippen LogP contribution in [0.25, 0.3) is 16.8 Å². The fourth-order valence-electron chi connectivity index (χ4n) is 4.33. The van der Waals surface area contributed by atoms with E-state index < -0.39 is 0 Å². The Kier molecular flexibility index (Phi) is 7.53. The normalized spacial score (nSPS) is 14.5. The molecule has 0 aliphatic carbocycles. The zero-order valence-electron chi connectivity index (χ0n) is 20.6. The van der Waals surface area contributed by atoms with E-state index in [1.807, 2.05) is 12.1 Å². The summed E-state index contributed by atoms with van der Waals surface area (Å²) in [6.07, 6.45) is 4.68. The van der Waals surface area contributed by atoms with Crippen molar-refractivity contribution in [1.82, 2.24) is 24.4 Å². The van der Waals surface area contributed by atoms with Crippen molar-refractivity contribution in [2.45, 2.75) is 58.5 Å². The van der Waals surface area contributed by atoms with Crippen LogP contribution in [0.4, 0.5) is 4.79 Å². The highest BCUT2D eigenvalue weighted by atomic mass is 16.6. The van der Waals surface area contributed by atoms with Gasteiger partial charge in [-0.1, -0.05) is 38.1 Å². The van der Waals surface area contributed by atoms with Gasteiger partial charge >= 0.3 is 6.09 Å². The first kappa shape index (κ1) is 24.5. The number of carbonyl (C=O) groups excluding carboxylic acids is 2. The highest BCUT2D eigenvalue weighted by molar-refractivity contribution is 5.76. The number of aromatic nitrogens is 3. The van der Waals surface area contributed by atoms with Gasteiger partial charge in [0.05, 0.1) is 12.3 Å². The minimum Gasteiger partial charge on any atom is -0.450 e. The number of piperidine rings is 1. The Morgan fingerprint density at radius 2 is 1.86 bits per heavy atom. The van der Waals surface area contributed by atoms with E-state index in [-0.39, 0.29) is 36.6 Å². The van der Waals surface area contributed by atoms with Gasteiger partial charge in [0, 0.05) is 50.1 Å². The monoisotopic (exact) mass is 479 g/mol. The predicted molar refractivity (Wildman–Crippen MR) is 133 cm³/mol. The van der Waals surface area contributed by atoms with Crippen LogP contribution in [0.15, 0.2) is 47.5 Å². The van der Waals surface area contributed by atoms with Crippen LogP contribution in [0.5, 0.6) is 0 Å². The highest BCUT2D eigenvalue weighted by Crippen LogP contribution is 2.22. The van der Waals surface area contributed by atoms with Gasteiger partial charge in [0.15, 0.2) is 0 Å². The maximum absolute atomic E-state index is 13.0. The number of fused-ring (bicyclic) bond motifs is 1. The van der Waals surface area contributed by atoms with Crippen LogP contribution in [-0.2, 0) is 16.1 Å². The van der Waals surface area contributed by atoms with E-state index in [0.29, 0.717) is 44.0 Å². The second-order valence-electron chi connectivity index (χ2n) is 9.21. The Balaban J connectivity index is 1.35. The first-order valence-corrected chi connectivity index (χ1v) is 12.3. The van der Waals surface area contributed by atoms with Gasteiger partial charge in [-0.2, -0.15) is 5.10 Å². The molecule has 2 amide bonds. The number of ether oxygens (including phenoxy) is 1. The lowest BCUT2D eigenvalue weighted by Crippen LogP contribution is -2.46. The molecule has 0 atom stereocenters. The smallest absolute Gasteiger partial charge is 0.409 e. The van der Waals surface area contributed by atoms with Gasteiger partial charge in [-0.3, -0.25) is 9.59 Å². The number of hydrogen-bond acceptors (Lipinski definition) is 5. The molecular weight excluding hydrogens is 446 g/mol. The molecule has 0 radical (unpaired) electrons. The SMILES string of the molecule is CCOC(=O)N1CCC(NC(=O)CCn2ccn3nc(-c4ccc(C(C)C)cc4)cc3c2=O)CC1. The molecule has 9 nitrogen and oxygen atoms in total. The number of likely N-dealkylation sites (tertiary alicyclic amines) is 1. The van der Waals surface area contributed by atoms with Crippen LogP contribution < -0.4 is 10.9 Å². The average molecular weight is 480 g/mol. The molecule has 0 spiro atoms. The summed E-state index contributed by atoms with van der Waals surface area (Å²) in [7, 11) is 0. The molecule has 1 N–H and O–H groups in total. The summed E-state index contributed by atoms with van der Waals surface area (Å²) in [6, 6.07) is 10.0. The summed E-state index contributed by atoms with van der Waals surface area (Å²) in [6.45, 7) is 7.84. The molecule has 0 saturated carbocycles. The number of carbonyl (C=O) groups is 2. The Morgan fingerprint density at radius 1 is 1.14 bits per heavy atom. The predicted octanol–water partition coefficient (Wildman–Crippen LogP) is 3.41. The highest BCUT2D eigenvalue weighted by Gasteiger charge is 2.24.